The molecule has 80 valence electrons. The number of hydrogen-bond acceptors (Lipinski definition) is 3. The van der Waals surface area contributed by atoms with Crippen molar-refractivity contribution in [3.8, 4) is 0 Å². The summed E-state index contributed by atoms with van der Waals surface area (Å²) in [4.78, 5) is 23.7. The van der Waals surface area contributed by atoms with E-state index in [1.165, 1.54) is 0 Å². The molecule has 4 heteroatoms. The minimum Gasteiger partial charge on any atom is -0.359 e. The molecule has 1 saturated heterocycles. The van der Waals surface area contributed by atoms with Gasteiger partial charge in [0.15, 0.2) is 0 Å². The maximum absolute atomic E-state index is 11.3. The molecule has 0 radical (unpaired) electrons. The first-order chi connectivity index (χ1) is 6.77. The standard InChI is InChI=1S/C10H18N2O2/c1-11-10(14)9-3-6-12(7-4-9)5-2-8-13/h8-9H,2-7H2,1H3,(H,11,14). The highest BCUT2D eigenvalue weighted by Crippen LogP contribution is 2.16. The van der Waals surface area contributed by atoms with Crippen molar-refractivity contribution >= 4 is 12.2 Å². The Morgan fingerprint density at radius 2 is 2.14 bits per heavy atom. The van der Waals surface area contributed by atoms with Crippen molar-refractivity contribution in [1.29, 1.82) is 0 Å². The topological polar surface area (TPSA) is 49.4 Å². The number of amides is 1. The summed E-state index contributed by atoms with van der Waals surface area (Å²) >= 11 is 0. The lowest BCUT2D eigenvalue weighted by atomic mass is 9.96. The summed E-state index contributed by atoms with van der Waals surface area (Å²) in [5.74, 6) is 0.326. The Balaban J connectivity index is 2.24. The van der Waals surface area contributed by atoms with Gasteiger partial charge >= 0.3 is 0 Å². The minimum atomic E-state index is 0.153. The van der Waals surface area contributed by atoms with Crippen LogP contribution in [0.4, 0.5) is 0 Å². The van der Waals surface area contributed by atoms with Crippen LogP contribution in [0.25, 0.3) is 0 Å². The highest BCUT2D eigenvalue weighted by Gasteiger charge is 2.23. The lowest BCUT2D eigenvalue weighted by Crippen LogP contribution is -2.39. The Hall–Kier alpha value is -0.900. The van der Waals surface area contributed by atoms with Crippen LogP contribution in [0.1, 0.15) is 19.3 Å². The Morgan fingerprint density at radius 3 is 2.64 bits per heavy atom. The Bertz CT molecular complexity index is 198. The molecular formula is C10H18N2O2. The highest BCUT2D eigenvalue weighted by molar-refractivity contribution is 5.78. The van der Waals surface area contributed by atoms with Crippen molar-refractivity contribution in [2.45, 2.75) is 19.3 Å². The molecule has 1 amide bonds. The maximum Gasteiger partial charge on any atom is 0.222 e. The average Bonchev–Trinajstić information content (AvgIpc) is 2.26. The van der Waals surface area contributed by atoms with Crippen LogP contribution in [0.2, 0.25) is 0 Å². The molecule has 0 aromatic rings. The third kappa shape index (κ3) is 3.10. The molecule has 0 saturated carbocycles. The van der Waals surface area contributed by atoms with Crippen LogP contribution >= 0.6 is 0 Å². The number of carbonyl (C=O) groups excluding carboxylic acids is 2. The van der Waals surface area contributed by atoms with Gasteiger partial charge in [0, 0.05) is 25.9 Å². The van der Waals surface area contributed by atoms with Crippen molar-refractivity contribution in [3.05, 3.63) is 0 Å². The Labute approximate surface area is 84.7 Å². The number of carbonyl (C=O) groups is 2. The molecule has 14 heavy (non-hydrogen) atoms. The molecule has 0 spiro atoms. The van der Waals surface area contributed by atoms with E-state index in [1.807, 2.05) is 0 Å². The number of aldehydes is 1. The summed E-state index contributed by atoms with van der Waals surface area (Å²) < 4.78 is 0. The third-order valence-corrected chi connectivity index (χ3v) is 2.77. The molecule has 0 aromatic heterocycles. The van der Waals surface area contributed by atoms with Gasteiger partial charge in [-0.2, -0.15) is 0 Å². The molecule has 0 unspecified atom stereocenters. The largest absolute Gasteiger partial charge is 0.359 e. The van der Waals surface area contributed by atoms with E-state index in [0.717, 1.165) is 38.8 Å². The van der Waals surface area contributed by atoms with Gasteiger partial charge in [-0.1, -0.05) is 0 Å². The highest BCUT2D eigenvalue weighted by atomic mass is 16.1. The van der Waals surface area contributed by atoms with Crippen LogP contribution in [0, 0.1) is 5.92 Å². The van der Waals surface area contributed by atoms with Gasteiger partial charge in [0.25, 0.3) is 0 Å². The SMILES string of the molecule is CNC(=O)C1CCN(CCC=O)CC1. The molecule has 0 atom stereocenters. The summed E-state index contributed by atoms with van der Waals surface area (Å²) in [7, 11) is 1.68. The predicted molar refractivity (Wildman–Crippen MR) is 53.9 cm³/mol. The second-order valence-corrected chi connectivity index (χ2v) is 3.69. The quantitative estimate of drug-likeness (QED) is 0.649. The van der Waals surface area contributed by atoms with E-state index in [1.54, 1.807) is 7.05 Å². The third-order valence-electron chi connectivity index (χ3n) is 2.77. The van der Waals surface area contributed by atoms with E-state index in [4.69, 9.17) is 0 Å². The first-order valence-electron chi connectivity index (χ1n) is 5.15. The van der Waals surface area contributed by atoms with E-state index in [0.29, 0.717) is 6.42 Å². The van der Waals surface area contributed by atoms with Crippen LogP contribution in [0.15, 0.2) is 0 Å². The normalized spacial score (nSPS) is 19.2. The first kappa shape index (κ1) is 11.2. The van der Waals surface area contributed by atoms with E-state index in [9.17, 15) is 9.59 Å². The van der Waals surface area contributed by atoms with E-state index in [-0.39, 0.29) is 11.8 Å². The molecule has 1 aliphatic rings. The lowest BCUT2D eigenvalue weighted by Gasteiger charge is -2.30. The van der Waals surface area contributed by atoms with Crippen molar-refractivity contribution < 1.29 is 9.59 Å². The van der Waals surface area contributed by atoms with Gasteiger partial charge in [-0.05, 0) is 25.9 Å². The molecular weight excluding hydrogens is 180 g/mol. The smallest absolute Gasteiger partial charge is 0.222 e. The molecule has 1 rings (SSSR count). The van der Waals surface area contributed by atoms with E-state index < -0.39 is 0 Å². The second-order valence-electron chi connectivity index (χ2n) is 3.69. The predicted octanol–water partition coefficient (Wildman–Crippen LogP) is 0.0334. The van der Waals surface area contributed by atoms with Crippen molar-refractivity contribution in [2.24, 2.45) is 5.92 Å². The number of piperidine rings is 1. The van der Waals surface area contributed by atoms with Crippen molar-refractivity contribution in [2.75, 3.05) is 26.7 Å². The molecule has 4 nitrogen and oxygen atoms in total. The fourth-order valence-electron chi connectivity index (χ4n) is 1.86. The number of nitrogens with one attached hydrogen (secondary N) is 1. The van der Waals surface area contributed by atoms with Gasteiger partial charge in [0.1, 0.15) is 6.29 Å². The monoisotopic (exact) mass is 198 g/mol. The van der Waals surface area contributed by atoms with E-state index >= 15 is 0 Å². The Morgan fingerprint density at radius 1 is 1.50 bits per heavy atom. The average molecular weight is 198 g/mol. The molecule has 1 fully saturated rings. The Kier molecular flexibility index (Phi) is 4.59. The molecule has 1 aliphatic heterocycles. The zero-order valence-electron chi connectivity index (χ0n) is 8.66. The van der Waals surface area contributed by atoms with Crippen LogP contribution in [0.3, 0.4) is 0 Å². The second kappa shape index (κ2) is 5.75. The summed E-state index contributed by atoms with van der Waals surface area (Å²) in [6.45, 7) is 2.71. The van der Waals surface area contributed by atoms with Crippen molar-refractivity contribution in [1.82, 2.24) is 10.2 Å². The van der Waals surface area contributed by atoms with Crippen molar-refractivity contribution in [3.63, 3.8) is 0 Å². The number of rotatable bonds is 4. The fraction of sp³-hybridized carbons (Fsp3) is 0.800. The van der Waals surface area contributed by atoms with Crippen LogP contribution in [0.5, 0.6) is 0 Å². The number of hydrogen-bond donors (Lipinski definition) is 1. The van der Waals surface area contributed by atoms with Gasteiger partial charge in [0.2, 0.25) is 5.91 Å². The van der Waals surface area contributed by atoms with Crippen LogP contribution in [-0.4, -0.2) is 43.8 Å². The zero-order chi connectivity index (χ0) is 10.4. The molecule has 0 aromatic carbocycles. The molecule has 0 aliphatic carbocycles. The van der Waals surface area contributed by atoms with Crippen LogP contribution in [-0.2, 0) is 9.59 Å². The molecule has 1 heterocycles. The number of likely N-dealkylation sites (tertiary alicyclic amines) is 1. The van der Waals surface area contributed by atoms with Gasteiger partial charge in [-0.25, -0.2) is 0 Å². The summed E-state index contributed by atoms with van der Waals surface area (Å²) in [6.07, 6.45) is 3.38. The first-order valence-corrected chi connectivity index (χ1v) is 5.15. The lowest BCUT2D eigenvalue weighted by molar-refractivity contribution is -0.126. The van der Waals surface area contributed by atoms with Gasteiger partial charge in [0.05, 0.1) is 0 Å². The fourth-order valence-corrected chi connectivity index (χ4v) is 1.86. The van der Waals surface area contributed by atoms with E-state index in [2.05, 4.69) is 10.2 Å². The summed E-state index contributed by atoms with van der Waals surface area (Å²) in [5.41, 5.74) is 0. The van der Waals surface area contributed by atoms with Gasteiger partial charge < -0.3 is 15.0 Å². The van der Waals surface area contributed by atoms with Gasteiger partial charge in [-0.3, -0.25) is 4.79 Å². The zero-order valence-corrected chi connectivity index (χ0v) is 8.66. The molecule has 1 N–H and O–H groups in total. The number of nitrogens with zero attached hydrogens (tertiary/aromatic N) is 1. The van der Waals surface area contributed by atoms with Gasteiger partial charge in [-0.15, -0.1) is 0 Å². The summed E-state index contributed by atoms with van der Waals surface area (Å²) in [6, 6.07) is 0. The summed E-state index contributed by atoms with van der Waals surface area (Å²) in [5, 5.41) is 2.68. The maximum atomic E-state index is 11.3. The molecule has 0 bridgehead atoms. The van der Waals surface area contributed by atoms with Crippen LogP contribution < -0.4 is 5.32 Å². The minimum absolute atomic E-state index is 0.153.